The van der Waals surface area contributed by atoms with E-state index in [2.05, 4.69) is 62.5 Å². The van der Waals surface area contributed by atoms with Gasteiger partial charge in [0.25, 0.3) is 0 Å². The summed E-state index contributed by atoms with van der Waals surface area (Å²) in [5.41, 5.74) is 3.40. The number of aromatic nitrogens is 3. The van der Waals surface area contributed by atoms with Crippen LogP contribution in [0, 0.1) is 5.92 Å². The summed E-state index contributed by atoms with van der Waals surface area (Å²) in [5.74, 6) is 2.54. The SMILES string of the molecule is Clc1c(CN[C@H]2CC[C@@H](c3ccccc3)CC2)ccn2c(CC3CC3)nnc12. The average Bonchev–Trinajstić information content (AvgIpc) is 3.47. The van der Waals surface area contributed by atoms with Crippen LogP contribution < -0.4 is 5.32 Å². The number of hydrogen-bond acceptors (Lipinski definition) is 3. The summed E-state index contributed by atoms with van der Waals surface area (Å²) in [6.45, 7) is 0.792. The van der Waals surface area contributed by atoms with E-state index in [1.54, 1.807) is 0 Å². The van der Waals surface area contributed by atoms with Gasteiger partial charge in [-0.3, -0.25) is 4.40 Å². The van der Waals surface area contributed by atoms with Gasteiger partial charge < -0.3 is 5.32 Å². The molecule has 2 aliphatic rings. The van der Waals surface area contributed by atoms with Crippen molar-refractivity contribution in [1.29, 1.82) is 0 Å². The van der Waals surface area contributed by atoms with Crippen molar-refractivity contribution in [1.82, 2.24) is 19.9 Å². The first-order valence-corrected chi connectivity index (χ1v) is 10.9. The topological polar surface area (TPSA) is 42.2 Å². The van der Waals surface area contributed by atoms with E-state index < -0.39 is 0 Å². The second-order valence-electron chi connectivity index (χ2n) is 8.45. The minimum atomic E-state index is 0.565. The fourth-order valence-corrected chi connectivity index (χ4v) is 4.74. The van der Waals surface area contributed by atoms with Crippen molar-refractivity contribution in [2.75, 3.05) is 0 Å². The quantitative estimate of drug-likeness (QED) is 0.628. The predicted molar refractivity (Wildman–Crippen MR) is 113 cm³/mol. The molecule has 4 nitrogen and oxygen atoms in total. The molecule has 2 heterocycles. The van der Waals surface area contributed by atoms with Gasteiger partial charge in [0.1, 0.15) is 5.82 Å². The maximum Gasteiger partial charge on any atom is 0.179 e. The highest BCUT2D eigenvalue weighted by molar-refractivity contribution is 6.34. The van der Waals surface area contributed by atoms with E-state index >= 15 is 0 Å². The van der Waals surface area contributed by atoms with Gasteiger partial charge in [-0.25, -0.2) is 0 Å². The number of benzene rings is 1. The maximum atomic E-state index is 6.66. The predicted octanol–water partition coefficient (Wildman–Crippen LogP) is 5.15. The van der Waals surface area contributed by atoms with Crippen LogP contribution in [0.5, 0.6) is 0 Å². The zero-order valence-electron chi connectivity index (χ0n) is 16.1. The van der Waals surface area contributed by atoms with E-state index in [0.717, 1.165) is 40.9 Å². The normalized spacial score (nSPS) is 22.6. The summed E-state index contributed by atoms with van der Waals surface area (Å²) in [4.78, 5) is 0. The van der Waals surface area contributed by atoms with Gasteiger partial charge in [0, 0.05) is 25.2 Å². The molecule has 5 rings (SSSR count). The molecule has 0 spiro atoms. The summed E-state index contributed by atoms with van der Waals surface area (Å²) in [6, 6.07) is 13.6. The summed E-state index contributed by atoms with van der Waals surface area (Å²) in [6.07, 6.45) is 10.7. The van der Waals surface area contributed by atoms with Crippen LogP contribution in [0.4, 0.5) is 0 Å². The third-order valence-corrected chi connectivity index (χ3v) is 6.83. The van der Waals surface area contributed by atoms with E-state index in [-0.39, 0.29) is 0 Å². The molecule has 0 aliphatic heterocycles. The molecular weight excluding hydrogens is 368 g/mol. The Hall–Kier alpha value is -1.91. The zero-order chi connectivity index (χ0) is 18.9. The van der Waals surface area contributed by atoms with Gasteiger partial charge in [-0.2, -0.15) is 0 Å². The maximum absolute atomic E-state index is 6.66. The Balaban J connectivity index is 1.20. The summed E-state index contributed by atoms with van der Waals surface area (Å²) in [5, 5.41) is 13.2. The Kier molecular flexibility index (Phi) is 5.08. The van der Waals surface area contributed by atoms with Crippen molar-refractivity contribution in [3.05, 3.63) is 64.6 Å². The number of nitrogens with one attached hydrogen (secondary N) is 1. The lowest BCUT2D eigenvalue weighted by Gasteiger charge is -2.29. The van der Waals surface area contributed by atoms with Crippen LogP contribution in [0.1, 0.15) is 61.4 Å². The number of nitrogens with zero attached hydrogens (tertiary/aromatic N) is 3. The molecule has 2 fully saturated rings. The van der Waals surface area contributed by atoms with Crippen LogP contribution in [-0.2, 0) is 13.0 Å². The lowest BCUT2D eigenvalue weighted by atomic mass is 9.82. The smallest absolute Gasteiger partial charge is 0.179 e. The molecule has 1 aromatic carbocycles. The van der Waals surface area contributed by atoms with Crippen LogP contribution in [0.25, 0.3) is 5.65 Å². The van der Waals surface area contributed by atoms with Crippen molar-refractivity contribution in [3.8, 4) is 0 Å². The van der Waals surface area contributed by atoms with Gasteiger partial charge in [-0.1, -0.05) is 41.9 Å². The first-order valence-electron chi connectivity index (χ1n) is 10.6. The Morgan fingerprint density at radius 1 is 0.964 bits per heavy atom. The Labute approximate surface area is 171 Å². The minimum absolute atomic E-state index is 0.565. The van der Waals surface area contributed by atoms with Gasteiger partial charge >= 0.3 is 0 Å². The molecule has 146 valence electrons. The Bertz CT molecular complexity index is 940. The standard InChI is InChI=1S/C23H27ClN4/c24-22-19(12-13-28-21(14-16-6-7-16)26-27-23(22)28)15-25-20-10-8-18(9-11-20)17-4-2-1-3-5-17/h1-5,12-13,16,18,20,25H,6-11,14-15H2/t18-,20+. The lowest BCUT2D eigenvalue weighted by Crippen LogP contribution is -2.32. The lowest BCUT2D eigenvalue weighted by molar-refractivity contribution is 0.341. The van der Waals surface area contributed by atoms with Gasteiger partial charge in [-0.15, -0.1) is 10.2 Å². The van der Waals surface area contributed by atoms with Gasteiger partial charge in [0.15, 0.2) is 5.65 Å². The molecule has 3 aromatic rings. The molecule has 2 aromatic heterocycles. The number of fused-ring (bicyclic) bond motifs is 1. The fraction of sp³-hybridized carbons (Fsp3) is 0.478. The van der Waals surface area contributed by atoms with E-state index in [1.807, 2.05) is 0 Å². The minimum Gasteiger partial charge on any atom is -0.310 e. The highest BCUT2D eigenvalue weighted by Gasteiger charge is 2.25. The fourth-order valence-electron chi connectivity index (χ4n) is 4.48. The molecule has 2 aliphatic carbocycles. The van der Waals surface area contributed by atoms with Crippen LogP contribution in [0.15, 0.2) is 42.6 Å². The number of pyridine rings is 1. The molecule has 2 saturated carbocycles. The number of rotatable bonds is 6. The molecule has 0 unspecified atom stereocenters. The van der Waals surface area contributed by atoms with Gasteiger partial charge in [0.05, 0.1) is 5.02 Å². The van der Waals surface area contributed by atoms with Crippen LogP contribution in [0.3, 0.4) is 0 Å². The van der Waals surface area contributed by atoms with Gasteiger partial charge in [-0.05, 0) is 67.6 Å². The molecule has 0 amide bonds. The highest BCUT2D eigenvalue weighted by Crippen LogP contribution is 2.34. The van der Waals surface area contributed by atoms with E-state index in [9.17, 15) is 0 Å². The highest BCUT2D eigenvalue weighted by atomic mass is 35.5. The van der Waals surface area contributed by atoms with Crippen molar-refractivity contribution in [2.45, 2.75) is 63.5 Å². The first kappa shape index (κ1) is 18.1. The molecule has 5 heteroatoms. The molecule has 1 N–H and O–H groups in total. The van der Waals surface area contributed by atoms with Crippen molar-refractivity contribution >= 4 is 17.2 Å². The molecule has 0 atom stereocenters. The summed E-state index contributed by atoms with van der Waals surface area (Å²) >= 11 is 6.66. The largest absolute Gasteiger partial charge is 0.310 e. The van der Waals surface area contributed by atoms with Gasteiger partial charge in [0.2, 0.25) is 0 Å². The van der Waals surface area contributed by atoms with E-state index in [4.69, 9.17) is 11.6 Å². The second-order valence-corrected chi connectivity index (χ2v) is 8.83. The molecular formula is C23H27ClN4. The average molecular weight is 395 g/mol. The Morgan fingerprint density at radius 2 is 1.75 bits per heavy atom. The molecule has 0 bridgehead atoms. The molecule has 0 saturated heterocycles. The molecule has 28 heavy (non-hydrogen) atoms. The Morgan fingerprint density at radius 3 is 2.50 bits per heavy atom. The zero-order valence-corrected chi connectivity index (χ0v) is 16.9. The third-order valence-electron chi connectivity index (χ3n) is 6.42. The number of halogens is 1. The summed E-state index contributed by atoms with van der Waals surface area (Å²) < 4.78 is 2.06. The van der Waals surface area contributed by atoms with Crippen LogP contribution >= 0.6 is 11.6 Å². The van der Waals surface area contributed by atoms with Crippen molar-refractivity contribution in [2.24, 2.45) is 5.92 Å². The van der Waals surface area contributed by atoms with E-state index in [1.165, 1.54) is 44.1 Å². The third kappa shape index (κ3) is 3.81. The number of hydrogen-bond donors (Lipinski definition) is 1. The van der Waals surface area contributed by atoms with Crippen LogP contribution in [0.2, 0.25) is 5.02 Å². The summed E-state index contributed by atoms with van der Waals surface area (Å²) in [7, 11) is 0. The van der Waals surface area contributed by atoms with E-state index in [0.29, 0.717) is 12.0 Å². The first-order chi connectivity index (χ1) is 13.8. The van der Waals surface area contributed by atoms with Crippen LogP contribution in [-0.4, -0.2) is 20.6 Å². The van der Waals surface area contributed by atoms with Crippen molar-refractivity contribution < 1.29 is 0 Å². The van der Waals surface area contributed by atoms with Crippen molar-refractivity contribution in [3.63, 3.8) is 0 Å². The monoisotopic (exact) mass is 394 g/mol. The molecule has 0 radical (unpaired) electrons. The second kappa shape index (κ2) is 7.84.